The number of aliphatic hydroxyl groups excluding tert-OH is 1. The maximum atomic E-state index is 10.8. The summed E-state index contributed by atoms with van der Waals surface area (Å²) in [5, 5.41) is 11.5. The van der Waals surface area contributed by atoms with Crippen LogP contribution >= 0.6 is 0 Å². The lowest BCUT2D eigenvalue weighted by Gasteiger charge is -2.12. The molecule has 1 unspecified atom stereocenters. The molecule has 0 radical (unpaired) electrons. The van der Waals surface area contributed by atoms with Crippen LogP contribution in [0.2, 0.25) is 0 Å². The Balaban J connectivity index is 3.26. The van der Waals surface area contributed by atoms with Crippen molar-refractivity contribution >= 4 is 5.97 Å². The van der Waals surface area contributed by atoms with Gasteiger partial charge in [-0.15, -0.1) is 0 Å². The molecular weight excluding hydrogens is 186 g/mol. The fourth-order valence-corrected chi connectivity index (χ4v) is 0.950. The third-order valence-electron chi connectivity index (χ3n) is 1.68. The van der Waals surface area contributed by atoms with Gasteiger partial charge in [-0.2, -0.15) is 0 Å². The van der Waals surface area contributed by atoms with Gasteiger partial charge in [-0.05, 0) is 6.92 Å². The zero-order valence-electron chi connectivity index (χ0n) is 8.78. The Hall–Kier alpha value is -0.650. The minimum atomic E-state index is -0.221. The standard InChI is InChI=1S/C9H19NO4/c1-8(7-9(12)13-2)10-3-5-14-6-4-11/h8,10-11H,3-7H2,1-2H3. The van der Waals surface area contributed by atoms with E-state index in [0.29, 0.717) is 26.2 Å². The van der Waals surface area contributed by atoms with Crippen molar-refractivity contribution in [1.82, 2.24) is 5.32 Å². The molecule has 0 bridgehead atoms. The highest BCUT2D eigenvalue weighted by atomic mass is 16.5. The summed E-state index contributed by atoms with van der Waals surface area (Å²) < 4.78 is 9.56. The molecule has 0 saturated carbocycles. The summed E-state index contributed by atoms with van der Waals surface area (Å²) >= 11 is 0. The second kappa shape index (κ2) is 8.93. The van der Waals surface area contributed by atoms with Crippen LogP contribution in [0, 0.1) is 0 Å². The van der Waals surface area contributed by atoms with Crippen LogP contribution in [0.15, 0.2) is 0 Å². The molecule has 5 heteroatoms. The van der Waals surface area contributed by atoms with Crippen molar-refractivity contribution in [2.45, 2.75) is 19.4 Å². The van der Waals surface area contributed by atoms with Gasteiger partial charge in [0.15, 0.2) is 0 Å². The van der Waals surface area contributed by atoms with Gasteiger partial charge in [0.25, 0.3) is 0 Å². The van der Waals surface area contributed by atoms with Crippen molar-refractivity contribution < 1.29 is 19.4 Å². The monoisotopic (exact) mass is 205 g/mol. The average molecular weight is 205 g/mol. The summed E-state index contributed by atoms with van der Waals surface area (Å²) in [7, 11) is 1.37. The van der Waals surface area contributed by atoms with Crippen molar-refractivity contribution in [3.05, 3.63) is 0 Å². The second-order valence-electron chi connectivity index (χ2n) is 2.97. The van der Waals surface area contributed by atoms with Crippen molar-refractivity contribution in [2.75, 3.05) is 33.5 Å². The van der Waals surface area contributed by atoms with Gasteiger partial charge in [-0.1, -0.05) is 0 Å². The van der Waals surface area contributed by atoms with Crippen LogP contribution in [0.1, 0.15) is 13.3 Å². The lowest BCUT2D eigenvalue weighted by atomic mass is 10.2. The molecule has 0 aromatic carbocycles. The summed E-state index contributed by atoms with van der Waals surface area (Å²) in [5.74, 6) is -0.221. The minimum absolute atomic E-state index is 0.0394. The molecule has 1 atom stereocenters. The number of hydrogen-bond donors (Lipinski definition) is 2. The summed E-state index contributed by atoms with van der Waals surface area (Å²) in [6.45, 7) is 3.50. The average Bonchev–Trinajstić information content (AvgIpc) is 2.17. The Morgan fingerprint density at radius 1 is 1.50 bits per heavy atom. The molecule has 0 aromatic rings. The van der Waals surface area contributed by atoms with Crippen LogP contribution in [0.4, 0.5) is 0 Å². The van der Waals surface area contributed by atoms with E-state index in [1.54, 1.807) is 0 Å². The number of carbonyl (C=O) groups excluding carboxylic acids is 1. The Morgan fingerprint density at radius 2 is 2.21 bits per heavy atom. The van der Waals surface area contributed by atoms with Gasteiger partial charge in [-0.3, -0.25) is 4.79 Å². The lowest BCUT2D eigenvalue weighted by Crippen LogP contribution is -2.31. The Morgan fingerprint density at radius 3 is 2.79 bits per heavy atom. The number of hydrogen-bond acceptors (Lipinski definition) is 5. The van der Waals surface area contributed by atoms with Crippen molar-refractivity contribution in [3.63, 3.8) is 0 Å². The lowest BCUT2D eigenvalue weighted by molar-refractivity contribution is -0.141. The SMILES string of the molecule is COC(=O)CC(C)NCCOCCO. The first kappa shape index (κ1) is 13.4. The van der Waals surface area contributed by atoms with E-state index in [1.807, 2.05) is 6.92 Å². The Kier molecular flexibility index (Phi) is 8.51. The van der Waals surface area contributed by atoms with Gasteiger partial charge in [0, 0.05) is 12.6 Å². The van der Waals surface area contributed by atoms with Crippen molar-refractivity contribution in [1.29, 1.82) is 0 Å². The number of aliphatic hydroxyl groups is 1. The van der Waals surface area contributed by atoms with Crippen LogP contribution < -0.4 is 5.32 Å². The number of methoxy groups -OCH3 is 1. The quantitative estimate of drug-likeness (QED) is 0.414. The van der Waals surface area contributed by atoms with Gasteiger partial charge in [0.05, 0.1) is 33.4 Å². The second-order valence-corrected chi connectivity index (χ2v) is 2.97. The summed E-state index contributed by atoms with van der Waals surface area (Å²) in [4.78, 5) is 10.8. The molecule has 5 nitrogen and oxygen atoms in total. The van der Waals surface area contributed by atoms with E-state index in [-0.39, 0.29) is 18.6 Å². The molecule has 0 spiro atoms. The fraction of sp³-hybridized carbons (Fsp3) is 0.889. The molecule has 84 valence electrons. The predicted molar refractivity (Wildman–Crippen MR) is 52.0 cm³/mol. The highest BCUT2D eigenvalue weighted by Gasteiger charge is 2.07. The van der Waals surface area contributed by atoms with E-state index in [2.05, 4.69) is 10.1 Å². The normalized spacial score (nSPS) is 12.5. The van der Waals surface area contributed by atoms with Gasteiger partial charge in [0.1, 0.15) is 0 Å². The summed E-state index contributed by atoms with van der Waals surface area (Å²) in [6.07, 6.45) is 0.358. The van der Waals surface area contributed by atoms with Gasteiger partial charge in [-0.25, -0.2) is 0 Å². The number of carbonyl (C=O) groups is 1. The number of ether oxygens (including phenoxy) is 2. The smallest absolute Gasteiger partial charge is 0.307 e. The van der Waals surface area contributed by atoms with Crippen LogP contribution in [0.25, 0.3) is 0 Å². The zero-order chi connectivity index (χ0) is 10.8. The summed E-state index contributed by atoms with van der Waals surface area (Å²) in [5.41, 5.74) is 0. The van der Waals surface area contributed by atoms with Gasteiger partial charge >= 0.3 is 5.97 Å². The molecular formula is C9H19NO4. The molecule has 0 aliphatic rings. The minimum Gasteiger partial charge on any atom is -0.469 e. The third kappa shape index (κ3) is 7.97. The van der Waals surface area contributed by atoms with E-state index < -0.39 is 0 Å². The van der Waals surface area contributed by atoms with Crippen molar-refractivity contribution in [3.8, 4) is 0 Å². The molecule has 0 amide bonds. The zero-order valence-corrected chi connectivity index (χ0v) is 8.78. The molecule has 0 saturated heterocycles. The van der Waals surface area contributed by atoms with Crippen LogP contribution in [0.5, 0.6) is 0 Å². The largest absolute Gasteiger partial charge is 0.469 e. The van der Waals surface area contributed by atoms with E-state index in [4.69, 9.17) is 9.84 Å². The first-order chi connectivity index (χ1) is 6.70. The van der Waals surface area contributed by atoms with Crippen molar-refractivity contribution in [2.24, 2.45) is 0 Å². The maximum absolute atomic E-state index is 10.8. The molecule has 2 N–H and O–H groups in total. The topological polar surface area (TPSA) is 67.8 Å². The molecule has 0 fully saturated rings. The van der Waals surface area contributed by atoms with Crippen LogP contribution in [-0.2, 0) is 14.3 Å². The third-order valence-corrected chi connectivity index (χ3v) is 1.68. The molecule has 0 aromatic heterocycles. The molecule has 0 heterocycles. The van der Waals surface area contributed by atoms with Crippen LogP contribution in [0.3, 0.4) is 0 Å². The van der Waals surface area contributed by atoms with E-state index >= 15 is 0 Å². The Bertz CT molecular complexity index is 152. The Labute approximate surface area is 84.4 Å². The molecule has 0 rings (SSSR count). The van der Waals surface area contributed by atoms with E-state index in [1.165, 1.54) is 7.11 Å². The fourth-order valence-electron chi connectivity index (χ4n) is 0.950. The van der Waals surface area contributed by atoms with E-state index in [0.717, 1.165) is 0 Å². The number of esters is 1. The highest BCUT2D eigenvalue weighted by molar-refractivity contribution is 5.69. The summed E-state index contributed by atoms with van der Waals surface area (Å²) in [6, 6.07) is 0.0835. The van der Waals surface area contributed by atoms with Gasteiger partial charge < -0.3 is 19.9 Å². The maximum Gasteiger partial charge on any atom is 0.307 e. The molecule has 14 heavy (non-hydrogen) atoms. The van der Waals surface area contributed by atoms with Crippen LogP contribution in [-0.4, -0.2) is 50.6 Å². The molecule has 0 aliphatic heterocycles. The first-order valence-electron chi connectivity index (χ1n) is 4.69. The highest BCUT2D eigenvalue weighted by Crippen LogP contribution is 1.91. The number of rotatable bonds is 8. The first-order valence-corrected chi connectivity index (χ1v) is 4.69. The van der Waals surface area contributed by atoms with Gasteiger partial charge in [0.2, 0.25) is 0 Å². The number of nitrogens with one attached hydrogen (secondary N) is 1. The van der Waals surface area contributed by atoms with E-state index in [9.17, 15) is 4.79 Å². The predicted octanol–water partition coefficient (Wildman–Crippen LogP) is -0.463. The molecule has 0 aliphatic carbocycles.